The Bertz CT molecular complexity index is 937. The lowest BCUT2D eigenvalue weighted by molar-refractivity contribution is -0.118. The first kappa shape index (κ1) is 18.4. The highest BCUT2D eigenvalue weighted by Gasteiger charge is 2.21. The van der Waals surface area contributed by atoms with Gasteiger partial charge in [-0.3, -0.25) is 9.59 Å². The van der Waals surface area contributed by atoms with Crippen LogP contribution in [0.3, 0.4) is 0 Å². The summed E-state index contributed by atoms with van der Waals surface area (Å²) in [4.78, 5) is 25.5. The van der Waals surface area contributed by atoms with Gasteiger partial charge in [0.05, 0.1) is 5.56 Å². The molecule has 1 aromatic heterocycles. The van der Waals surface area contributed by atoms with Gasteiger partial charge in [0.15, 0.2) is 5.76 Å². The maximum atomic E-state index is 13.9. The molecule has 0 spiro atoms. The van der Waals surface area contributed by atoms with E-state index >= 15 is 0 Å². The fraction of sp³-hybridized carbons (Fsp3) is 0.143. The summed E-state index contributed by atoms with van der Waals surface area (Å²) in [6.45, 7) is 0.474. The minimum atomic E-state index is -0.493. The number of benzene rings is 2. The van der Waals surface area contributed by atoms with Gasteiger partial charge in [-0.15, -0.1) is 0 Å². The predicted octanol–water partition coefficient (Wildman–Crippen LogP) is 3.60. The number of carbonyl (C=O) groups excluding carboxylic acids is 2. The van der Waals surface area contributed by atoms with Crippen LogP contribution in [0.5, 0.6) is 0 Å². The maximum Gasteiger partial charge on any atom is 0.289 e. The van der Waals surface area contributed by atoms with E-state index in [-0.39, 0.29) is 36.0 Å². The first-order chi connectivity index (χ1) is 13.0. The molecule has 0 bridgehead atoms. The van der Waals surface area contributed by atoms with E-state index in [1.165, 1.54) is 17.0 Å². The van der Waals surface area contributed by atoms with Crippen molar-refractivity contribution in [1.29, 1.82) is 0 Å². The van der Waals surface area contributed by atoms with E-state index < -0.39 is 11.7 Å². The number of halogens is 1. The Hall–Kier alpha value is -3.41. The van der Waals surface area contributed by atoms with Gasteiger partial charge in [-0.05, 0) is 29.8 Å². The number of hydrogen-bond acceptors (Lipinski definition) is 3. The topological polar surface area (TPSA) is 76.5 Å². The molecule has 5 nitrogen and oxygen atoms in total. The second kappa shape index (κ2) is 8.31. The standard InChI is InChI=1S/C21H19FN2O3/c22-17-9-5-4-8-16(17)18-10-11-19(27-18)21(26)24(13-12-20(23)25)14-15-6-2-1-3-7-15/h1-11H,12-14H2,(H2,23,25). The summed E-state index contributed by atoms with van der Waals surface area (Å²) in [5.74, 6) is -0.963. The van der Waals surface area contributed by atoms with E-state index in [1.807, 2.05) is 30.3 Å². The lowest BCUT2D eigenvalue weighted by Crippen LogP contribution is -2.33. The second-order valence-corrected chi connectivity index (χ2v) is 6.07. The lowest BCUT2D eigenvalue weighted by Gasteiger charge is -2.21. The molecule has 0 aliphatic carbocycles. The zero-order valence-corrected chi connectivity index (χ0v) is 14.6. The number of rotatable bonds is 7. The predicted molar refractivity (Wildman–Crippen MR) is 99.1 cm³/mol. The summed E-state index contributed by atoms with van der Waals surface area (Å²) < 4.78 is 19.5. The molecule has 0 fully saturated rings. The fourth-order valence-corrected chi connectivity index (χ4v) is 2.72. The number of furan rings is 1. The molecule has 3 aromatic rings. The van der Waals surface area contributed by atoms with Crippen molar-refractivity contribution in [1.82, 2.24) is 4.90 Å². The molecule has 2 N–H and O–H groups in total. The Labute approximate surface area is 156 Å². The molecule has 27 heavy (non-hydrogen) atoms. The van der Waals surface area contributed by atoms with Crippen molar-refractivity contribution in [2.45, 2.75) is 13.0 Å². The molecule has 138 valence electrons. The van der Waals surface area contributed by atoms with Gasteiger partial charge in [-0.2, -0.15) is 0 Å². The Morgan fingerprint density at radius 2 is 1.67 bits per heavy atom. The molecule has 0 unspecified atom stereocenters. The van der Waals surface area contributed by atoms with Crippen molar-refractivity contribution >= 4 is 11.8 Å². The van der Waals surface area contributed by atoms with E-state index in [0.29, 0.717) is 6.54 Å². The molecular weight excluding hydrogens is 347 g/mol. The van der Waals surface area contributed by atoms with Crippen LogP contribution in [0.1, 0.15) is 22.5 Å². The minimum Gasteiger partial charge on any atom is -0.451 e. The van der Waals surface area contributed by atoms with Crippen LogP contribution in [0.15, 0.2) is 71.1 Å². The Morgan fingerprint density at radius 3 is 2.37 bits per heavy atom. The van der Waals surface area contributed by atoms with Crippen LogP contribution >= 0.6 is 0 Å². The summed E-state index contributed by atoms with van der Waals surface area (Å²) >= 11 is 0. The van der Waals surface area contributed by atoms with E-state index in [4.69, 9.17) is 10.2 Å². The average Bonchev–Trinajstić information content (AvgIpc) is 3.15. The molecule has 1 heterocycles. The average molecular weight is 366 g/mol. The Kier molecular flexibility index (Phi) is 5.66. The fourth-order valence-electron chi connectivity index (χ4n) is 2.72. The third kappa shape index (κ3) is 4.61. The van der Waals surface area contributed by atoms with Gasteiger partial charge in [0.2, 0.25) is 5.91 Å². The summed E-state index contributed by atoms with van der Waals surface area (Å²) in [6.07, 6.45) is 0.0411. The maximum absolute atomic E-state index is 13.9. The van der Waals surface area contributed by atoms with Crippen LogP contribution in [0.25, 0.3) is 11.3 Å². The van der Waals surface area contributed by atoms with Crippen LogP contribution < -0.4 is 5.73 Å². The molecule has 3 rings (SSSR count). The van der Waals surface area contributed by atoms with Crippen LogP contribution in [0.4, 0.5) is 4.39 Å². The first-order valence-corrected chi connectivity index (χ1v) is 8.51. The molecule has 2 aromatic carbocycles. The molecule has 0 radical (unpaired) electrons. The Balaban J connectivity index is 1.83. The molecule has 0 saturated carbocycles. The van der Waals surface area contributed by atoms with E-state index in [2.05, 4.69) is 0 Å². The zero-order chi connectivity index (χ0) is 19.2. The summed E-state index contributed by atoms with van der Waals surface area (Å²) in [5, 5.41) is 0. The van der Waals surface area contributed by atoms with Crippen LogP contribution in [-0.4, -0.2) is 23.3 Å². The second-order valence-electron chi connectivity index (χ2n) is 6.07. The third-order valence-electron chi connectivity index (χ3n) is 4.09. The van der Waals surface area contributed by atoms with Crippen molar-refractivity contribution in [3.8, 4) is 11.3 Å². The molecule has 2 amide bonds. The Morgan fingerprint density at radius 1 is 0.963 bits per heavy atom. The SMILES string of the molecule is NC(=O)CCN(Cc1ccccc1)C(=O)c1ccc(-c2ccccc2F)o1. The van der Waals surface area contributed by atoms with E-state index in [9.17, 15) is 14.0 Å². The molecule has 0 aliphatic heterocycles. The highest BCUT2D eigenvalue weighted by atomic mass is 19.1. The molecule has 0 saturated heterocycles. The molecular formula is C21H19FN2O3. The van der Waals surface area contributed by atoms with Crippen molar-refractivity contribution in [2.24, 2.45) is 5.73 Å². The normalized spacial score (nSPS) is 10.6. The minimum absolute atomic E-state index is 0.0411. The first-order valence-electron chi connectivity index (χ1n) is 8.51. The smallest absolute Gasteiger partial charge is 0.289 e. The van der Waals surface area contributed by atoms with Gasteiger partial charge >= 0.3 is 0 Å². The highest BCUT2D eigenvalue weighted by Crippen LogP contribution is 2.25. The van der Waals surface area contributed by atoms with Gasteiger partial charge in [-0.1, -0.05) is 42.5 Å². The van der Waals surface area contributed by atoms with Gasteiger partial charge in [0, 0.05) is 19.5 Å². The van der Waals surface area contributed by atoms with Gasteiger partial charge in [-0.25, -0.2) is 4.39 Å². The van der Waals surface area contributed by atoms with Crippen molar-refractivity contribution in [3.05, 3.63) is 83.9 Å². The number of primary amides is 1. The van der Waals surface area contributed by atoms with E-state index in [1.54, 1.807) is 24.3 Å². The van der Waals surface area contributed by atoms with Gasteiger partial charge in [0.25, 0.3) is 5.91 Å². The third-order valence-corrected chi connectivity index (χ3v) is 4.09. The van der Waals surface area contributed by atoms with Crippen molar-refractivity contribution < 1.29 is 18.4 Å². The highest BCUT2D eigenvalue weighted by molar-refractivity contribution is 5.92. The number of nitrogens with two attached hydrogens (primary N) is 1. The summed E-state index contributed by atoms with van der Waals surface area (Å²) in [7, 11) is 0. The van der Waals surface area contributed by atoms with Crippen LogP contribution in [0.2, 0.25) is 0 Å². The zero-order valence-electron chi connectivity index (χ0n) is 14.6. The lowest BCUT2D eigenvalue weighted by atomic mass is 10.1. The van der Waals surface area contributed by atoms with Gasteiger partial charge in [0.1, 0.15) is 11.6 Å². The van der Waals surface area contributed by atoms with Crippen molar-refractivity contribution in [3.63, 3.8) is 0 Å². The monoisotopic (exact) mass is 366 g/mol. The van der Waals surface area contributed by atoms with E-state index in [0.717, 1.165) is 5.56 Å². The molecule has 6 heteroatoms. The van der Waals surface area contributed by atoms with Crippen LogP contribution in [0, 0.1) is 5.82 Å². The summed E-state index contributed by atoms with van der Waals surface area (Å²) in [6, 6.07) is 18.6. The number of nitrogens with zero attached hydrogens (tertiary/aromatic N) is 1. The summed E-state index contributed by atoms with van der Waals surface area (Å²) in [5.41, 5.74) is 6.42. The number of hydrogen-bond donors (Lipinski definition) is 1. The van der Waals surface area contributed by atoms with Crippen molar-refractivity contribution in [2.75, 3.05) is 6.54 Å². The molecule has 0 atom stereocenters. The quantitative estimate of drug-likeness (QED) is 0.694. The molecule has 0 aliphatic rings. The number of carbonyl (C=O) groups is 2. The van der Waals surface area contributed by atoms with Gasteiger partial charge < -0.3 is 15.1 Å². The van der Waals surface area contributed by atoms with Crippen LogP contribution in [-0.2, 0) is 11.3 Å². The number of amides is 2. The largest absolute Gasteiger partial charge is 0.451 e.